The first kappa shape index (κ1) is 12.9. The fourth-order valence-electron chi connectivity index (χ4n) is 2.98. The van der Waals surface area contributed by atoms with Gasteiger partial charge in [0.1, 0.15) is 0 Å². The van der Waals surface area contributed by atoms with E-state index in [1.54, 1.807) is 0 Å². The van der Waals surface area contributed by atoms with Crippen LogP contribution in [0, 0.1) is 5.41 Å². The molecular weight excluding hydrogens is 246 g/mol. The van der Waals surface area contributed by atoms with Crippen LogP contribution in [-0.2, 0) is 0 Å². The first-order chi connectivity index (χ1) is 9.70. The van der Waals surface area contributed by atoms with Gasteiger partial charge >= 0.3 is 0 Å². The van der Waals surface area contributed by atoms with Crippen molar-refractivity contribution < 1.29 is 0 Å². The third kappa shape index (κ3) is 2.00. The highest BCUT2D eigenvalue weighted by Crippen LogP contribution is 2.35. The summed E-state index contributed by atoms with van der Waals surface area (Å²) in [5.74, 6) is 0. The lowest BCUT2D eigenvalue weighted by molar-refractivity contribution is 0.305. The maximum Gasteiger partial charge on any atom is 0.0936 e. The van der Waals surface area contributed by atoms with Crippen molar-refractivity contribution in [1.82, 2.24) is 5.01 Å². The molecule has 2 atom stereocenters. The Labute approximate surface area is 119 Å². The fourth-order valence-corrected chi connectivity index (χ4v) is 2.98. The predicted octanol–water partition coefficient (Wildman–Crippen LogP) is 3.50. The lowest BCUT2D eigenvalue weighted by atomic mass is 10.00. The highest BCUT2D eigenvalue weighted by Gasteiger charge is 2.40. The Kier molecular flexibility index (Phi) is 3.28. The predicted molar refractivity (Wildman–Crippen MR) is 83.1 cm³/mol. The Morgan fingerprint density at radius 1 is 0.900 bits per heavy atom. The molecule has 3 rings (SSSR count). The van der Waals surface area contributed by atoms with E-state index in [0.717, 1.165) is 11.4 Å². The average Bonchev–Trinajstić information content (AvgIpc) is 2.71. The van der Waals surface area contributed by atoms with E-state index in [-0.39, 0.29) is 12.1 Å². The van der Waals surface area contributed by atoms with Crippen LogP contribution in [0.25, 0.3) is 0 Å². The number of hydrazine groups is 1. The zero-order chi connectivity index (χ0) is 14.1. The first-order valence-corrected chi connectivity index (χ1v) is 6.90. The van der Waals surface area contributed by atoms with Gasteiger partial charge in [0.2, 0.25) is 0 Å². The molecule has 3 heteroatoms. The van der Waals surface area contributed by atoms with Gasteiger partial charge in [-0.2, -0.15) is 0 Å². The molecule has 2 aromatic carbocycles. The summed E-state index contributed by atoms with van der Waals surface area (Å²) >= 11 is 0. The van der Waals surface area contributed by atoms with Gasteiger partial charge in [-0.3, -0.25) is 5.01 Å². The van der Waals surface area contributed by atoms with Crippen LogP contribution in [-0.4, -0.2) is 23.8 Å². The third-order valence-electron chi connectivity index (χ3n) is 3.96. The van der Waals surface area contributed by atoms with Gasteiger partial charge in [-0.15, -0.1) is 0 Å². The number of para-hydroxylation sites is 1. The molecule has 1 N–H and O–H groups in total. The molecule has 0 spiro atoms. The van der Waals surface area contributed by atoms with Crippen LogP contribution in [0.2, 0.25) is 0 Å². The van der Waals surface area contributed by atoms with Crippen molar-refractivity contribution in [2.24, 2.45) is 0 Å². The van der Waals surface area contributed by atoms with E-state index in [0.29, 0.717) is 0 Å². The molecule has 0 radical (unpaired) electrons. The first-order valence-electron chi connectivity index (χ1n) is 6.90. The molecule has 1 aliphatic rings. The van der Waals surface area contributed by atoms with Crippen molar-refractivity contribution >= 4 is 11.4 Å². The maximum atomic E-state index is 8.48. The van der Waals surface area contributed by atoms with E-state index in [9.17, 15) is 0 Å². The van der Waals surface area contributed by atoms with Crippen LogP contribution in [0.1, 0.15) is 18.5 Å². The molecule has 0 aromatic heterocycles. The third-order valence-corrected chi connectivity index (χ3v) is 3.96. The van der Waals surface area contributed by atoms with Crippen LogP contribution in [0.15, 0.2) is 60.7 Å². The summed E-state index contributed by atoms with van der Waals surface area (Å²) in [5.41, 5.74) is 3.04. The molecule has 20 heavy (non-hydrogen) atoms. The molecule has 102 valence electrons. The normalized spacial score (nSPS) is 23.3. The number of nitrogens with zero attached hydrogens (tertiary/aromatic N) is 2. The van der Waals surface area contributed by atoms with Crippen LogP contribution >= 0.6 is 0 Å². The molecule has 2 unspecified atom stereocenters. The Morgan fingerprint density at radius 3 is 2.05 bits per heavy atom. The number of benzene rings is 2. The minimum absolute atomic E-state index is 0.0198. The molecule has 1 aliphatic heterocycles. The van der Waals surface area contributed by atoms with Gasteiger partial charge in [0.15, 0.2) is 0 Å². The monoisotopic (exact) mass is 265 g/mol. The second-order valence-corrected chi connectivity index (χ2v) is 5.20. The molecule has 1 saturated heterocycles. The van der Waals surface area contributed by atoms with Crippen molar-refractivity contribution in [2.45, 2.75) is 19.0 Å². The number of nitrogens with one attached hydrogen (secondary N) is 1. The van der Waals surface area contributed by atoms with E-state index in [1.165, 1.54) is 5.56 Å². The van der Waals surface area contributed by atoms with Crippen molar-refractivity contribution in [3.63, 3.8) is 0 Å². The second-order valence-electron chi connectivity index (χ2n) is 5.20. The number of hydrogen-bond donors (Lipinski definition) is 1. The SMILES string of the molecule is CC1C(=N)C(c2ccccc2)N(C)N1c1ccccc1. The van der Waals surface area contributed by atoms with Gasteiger partial charge in [0.25, 0.3) is 0 Å². The van der Waals surface area contributed by atoms with Gasteiger partial charge < -0.3 is 5.41 Å². The highest BCUT2D eigenvalue weighted by molar-refractivity contribution is 5.97. The van der Waals surface area contributed by atoms with E-state index in [2.05, 4.69) is 48.3 Å². The van der Waals surface area contributed by atoms with Crippen molar-refractivity contribution in [1.29, 1.82) is 5.41 Å². The van der Waals surface area contributed by atoms with Crippen LogP contribution in [0.3, 0.4) is 0 Å². The van der Waals surface area contributed by atoms with E-state index in [4.69, 9.17) is 5.41 Å². The molecule has 1 heterocycles. The molecule has 3 nitrogen and oxygen atoms in total. The van der Waals surface area contributed by atoms with E-state index in [1.807, 2.05) is 36.4 Å². The van der Waals surface area contributed by atoms with Gasteiger partial charge in [-0.25, -0.2) is 5.01 Å². The van der Waals surface area contributed by atoms with Gasteiger partial charge in [0, 0.05) is 7.05 Å². The number of rotatable bonds is 2. The van der Waals surface area contributed by atoms with Gasteiger partial charge in [-0.1, -0.05) is 48.5 Å². The zero-order valence-electron chi connectivity index (χ0n) is 11.8. The largest absolute Gasteiger partial charge is 0.305 e. The Morgan fingerprint density at radius 2 is 1.45 bits per heavy atom. The standard InChI is InChI=1S/C17H19N3/c1-13-16(18)17(14-9-5-3-6-10-14)19(2)20(13)15-11-7-4-8-12-15/h3-13,17-18H,1-2H3. The topological polar surface area (TPSA) is 30.3 Å². The maximum absolute atomic E-state index is 8.48. The molecule has 0 bridgehead atoms. The van der Waals surface area contributed by atoms with Crippen LogP contribution < -0.4 is 5.01 Å². The Bertz CT molecular complexity index is 594. The van der Waals surface area contributed by atoms with Gasteiger partial charge in [0.05, 0.1) is 23.5 Å². The average molecular weight is 265 g/mol. The fraction of sp³-hybridized carbons (Fsp3) is 0.235. The van der Waals surface area contributed by atoms with Crippen LogP contribution in [0.4, 0.5) is 5.69 Å². The summed E-state index contributed by atoms with van der Waals surface area (Å²) in [6.07, 6.45) is 0. The smallest absolute Gasteiger partial charge is 0.0936 e. The molecule has 0 amide bonds. The summed E-state index contributed by atoms with van der Waals surface area (Å²) in [5, 5.41) is 12.8. The van der Waals surface area contributed by atoms with Crippen molar-refractivity contribution in [2.75, 3.05) is 12.1 Å². The number of anilines is 1. The van der Waals surface area contributed by atoms with Crippen LogP contribution in [0.5, 0.6) is 0 Å². The van der Waals surface area contributed by atoms with E-state index < -0.39 is 0 Å². The minimum Gasteiger partial charge on any atom is -0.305 e. The summed E-state index contributed by atoms with van der Waals surface area (Å²) in [7, 11) is 2.06. The summed E-state index contributed by atoms with van der Waals surface area (Å²) in [6, 6.07) is 20.6. The molecule has 0 aliphatic carbocycles. The summed E-state index contributed by atoms with van der Waals surface area (Å²) in [6.45, 7) is 2.09. The summed E-state index contributed by atoms with van der Waals surface area (Å²) in [4.78, 5) is 0. The molecular formula is C17H19N3. The zero-order valence-corrected chi connectivity index (χ0v) is 11.8. The molecule has 0 saturated carbocycles. The highest BCUT2D eigenvalue weighted by atomic mass is 15.7. The molecule has 2 aromatic rings. The minimum atomic E-state index is 0.0198. The quantitative estimate of drug-likeness (QED) is 0.900. The summed E-state index contributed by atoms with van der Waals surface area (Å²) < 4.78 is 0. The molecule has 1 fully saturated rings. The Balaban J connectivity index is 1.99. The van der Waals surface area contributed by atoms with E-state index >= 15 is 0 Å². The lowest BCUT2D eigenvalue weighted by Crippen LogP contribution is -2.38. The number of hydrogen-bond acceptors (Lipinski definition) is 3. The van der Waals surface area contributed by atoms with Crippen molar-refractivity contribution in [3.05, 3.63) is 66.2 Å². The van der Waals surface area contributed by atoms with Crippen molar-refractivity contribution in [3.8, 4) is 0 Å². The second kappa shape index (κ2) is 5.10. The van der Waals surface area contributed by atoms with Gasteiger partial charge in [-0.05, 0) is 24.6 Å². The Hall–Kier alpha value is -2.13. The lowest BCUT2D eigenvalue weighted by Gasteiger charge is -2.31.